The summed E-state index contributed by atoms with van der Waals surface area (Å²) in [6, 6.07) is 10.5. The van der Waals surface area contributed by atoms with Crippen molar-refractivity contribution in [3.05, 3.63) is 59.0 Å². The molecule has 5 heteroatoms. The van der Waals surface area contributed by atoms with E-state index in [0.717, 1.165) is 5.76 Å². The third-order valence-corrected chi connectivity index (χ3v) is 3.09. The summed E-state index contributed by atoms with van der Waals surface area (Å²) in [7, 11) is 1.61. The second kappa shape index (κ2) is 7.12. The van der Waals surface area contributed by atoms with Crippen LogP contribution in [0.3, 0.4) is 0 Å². The van der Waals surface area contributed by atoms with Crippen molar-refractivity contribution in [2.24, 2.45) is 0 Å². The second-order valence-corrected chi connectivity index (χ2v) is 4.75. The van der Waals surface area contributed by atoms with Crippen LogP contribution in [0.1, 0.15) is 16.1 Å². The zero-order chi connectivity index (χ0) is 14.4. The average Bonchev–Trinajstić information content (AvgIpc) is 2.95. The molecule has 0 saturated carbocycles. The number of ether oxygens (including phenoxy) is 1. The van der Waals surface area contributed by atoms with Crippen LogP contribution in [-0.4, -0.2) is 31.1 Å². The number of amides is 1. The van der Waals surface area contributed by atoms with Gasteiger partial charge in [-0.3, -0.25) is 4.79 Å². The van der Waals surface area contributed by atoms with E-state index in [9.17, 15) is 4.79 Å². The molecule has 0 bridgehead atoms. The predicted molar refractivity (Wildman–Crippen MR) is 76.8 cm³/mol. The van der Waals surface area contributed by atoms with Gasteiger partial charge < -0.3 is 14.1 Å². The molecule has 1 amide bonds. The Bertz CT molecular complexity index is 554. The Balaban J connectivity index is 2.14. The van der Waals surface area contributed by atoms with E-state index in [1.54, 1.807) is 48.6 Å². The van der Waals surface area contributed by atoms with E-state index in [1.165, 1.54) is 0 Å². The molecule has 0 N–H and O–H groups in total. The molecule has 0 aliphatic rings. The molecule has 0 aliphatic carbocycles. The smallest absolute Gasteiger partial charge is 0.254 e. The van der Waals surface area contributed by atoms with Gasteiger partial charge in [0.15, 0.2) is 0 Å². The van der Waals surface area contributed by atoms with Crippen LogP contribution in [0.15, 0.2) is 47.1 Å². The number of methoxy groups -OCH3 is 1. The minimum Gasteiger partial charge on any atom is -0.467 e. The summed E-state index contributed by atoms with van der Waals surface area (Å²) in [6.07, 6.45) is 1.59. The fraction of sp³-hybridized carbons (Fsp3) is 0.267. The topological polar surface area (TPSA) is 42.7 Å². The van der Waals surface area contributed by atoms with Crippen LogP contribution in [-0.2, 0) is 11.3 Å². The molecule has 4 nitrogen and oxygen atoms in total. The quantitative estimate of drug-likeness (QED) is 0.821. The van der Waals surface area contributed by atoms with Gasteiger partial charge in [-0.05, 0) is 30.3 Å². The lowest BCUT2D eigenvalue weighted by Crippen LogP contribution is -2.33. The summed E-state index contributed by atoms with van der Waals surface area (Å²) in [6.45, 7) is 1.36. The molecule has 0 saturated heterocycles. The van der Waals surface area contributed by atoms with Crippen molar-refractivity contribution >= 4 is 17.5 Å². The molecule has 1 heterocycles. The maximum atomic E-state index is 12.5. The van der Waals surface area contributed by atoms with E-state index in [4.69, 9.17) is 20.8 Å². The number of rotatable bonds is 6. The lowest BCUT2D eigenvalue weighted by molar-refractivity contribution is 0.0666. The van der Waals surface area contributed by atoms with Crippen molar-refractivity contribution in [1.82, 2.24) is 4.90 Å². The molecular formula is C15H16ClNO3. The number of halogens is 1. The predicted octanol–water partition coefficient (Wildman–Crippen LogP) is 3.22. The molecule has 0 spiro atoms. The Morgan fingerprint density at radius 1 is 1.35 bits per heavy atom. The molecule has 106 valence electrons. The van der Waals surface area contributed by atoms with Gasteiger partial charge in [0.1, 0.15) is 5.76 Å². The van der Waals surface area contributed by atoms with Gasteiger partial charge in [0.05, 0.1) is 19.4 Å². The van der Waals surface area contributed by atoms with Crippen LogP contribution in [0.5, 0.6) is 0 Å². The second-order valence-electron chi connectivity index (χ2n) is 4.31. The minimum absolute atomic E-state index is 0.0963. The highest BCUT2D eigenvalue weighted by atomic mass is 35.5. The standard InChI is InChI=1S/C15H16ClNO3/c1-19-9-7-17(11-14-6-3-8-20-14)15(18)12-4-2-5-13(16)10-12/h2-6,8,10H,7,9,11H2,1H3. The van der Waals surface area contributed by atoms with E-state index in [1.807, 2.05) is 6.07 Å². The SMILES string of the molecule is COCCN(Cc1ccco1)C(=O)c1cccc(Cl)c1. The summed E-state index contributed by atoms with van der Waals surface area (Å²) >= 11 is 5.93. The third kappa shape index (κ3) is 3.85. The fourth-order valence-corrected chi connectivity index (χ4v) is 2.04. The van der Waals surface area contributed by atoms with Gasteiger partial charge in [-0.15, -0.1) is 0 Å². The monoisotopic (exact) mass is 293 g/mol. The first-order valence-corrected chi connectivity index (χ1v) is 6.64. The molecular weight excluding hydrogens is 278 g/mol. The summed E-state index contributed by atoms with van der Waals surface area (Å²) in [5, 5.41) is 0.542. The van der Waals surface area contributed by atoms with Crippen molar-refractivity contribution in [2.75, 3.05) is 20.3 Å². The zero-order valence-electron chi connectivity index (χ0n) is 11.2. The molecule has 0 fully saturated rings. The Kier molecular flexibility index (Phi) is 5.21. The molecule has 2 rings (SSSR count). The molecule has 20 heavy (non-hydrogen) atoms. The number of furan rings is 1. The molecule has 0 unspecified atom stereocenters. The normalized spacial score (nSPS) is 10.5. The first-order valence-electron chi connectivity index (χ1n) is 6.27. The van der Waals surface area contributed by atoms with Gasteiger partial charge in [0, 0.05) is 24.2 Å². The van der Waals surface area contributed by atoms with Crippen LogP contribution in [0.4, 0.5) is 0 Å². The lowest BCUT2D eigenvalue weighted by Gasteiger charge is -2.21. The van der Waals surface area contributed by atoms with Crippen molar-refractivity contribution in [3.63, 3.8) is 0 Å². The number of nitrogens with zero attached hydrogens (tertiary/aromatic N) is 1. The average molecular weight is 294 g/mol. The molecule has 0 radical (unpaired) electrons. The minimum atomic E-state index is -0.0963. The number of hydrogen-bond acceptors (Lipinski definition) is 3. The van der Waals surface area contributed by atoms with Crippen molar-refractivity contribution in [3.8, 4) is 0 Å². The van der Waals surface area contributed by atoms with Crippen LogP contribution >= 0.6 is 11.6 Å². The molecule has 0 atom stereocenters. The number of carbonyl (C=O) groups is 1. The zero-order valence-corrected chi connectivity index (χ0v) is 12.0. The Morgan fingerprint density at radius 2 is 2.20 bits per heavy atom. The van der Waals surface area contributed by atoms with Gasteiger partial charge >= 0.3 is 0 Å². The fourth-order valence-electron chi connectivity index (χ4n) is 1.85. The van der Waals surface area contributed by atoms with E-state index >= 15 is 0 Å². The number of hydrogen-bond donors (Lipinski definition) is 0. The molecule has 1 aromatic carbocycles. The van der Waals surface area contributed by atoms with Crippen LogP contribution < -0.4 is 0 Å². The van der Waals surface area contributed by atoms with Crippen molar-refractivity contribution in [2.45, 2.75) is 6.54 Å². The maximum Gasteiger partial charge on any atom is 0.254 e. The van der Waals surface area contributed by atoms with Crippen LogP contribution in [0.2, 0.25) is 5.02 Å². The van der Waals surface area contributed by atoms with Gasteiger partial charge in [-0.1, -0.05) is 17.7 Å². The first kappa shape index (κ1) is 14.6. The first-order chi connectivity index (χ1) is 9.70. The van der Waals surface area contributed by atoms with Crippen molar-refractivity contribution < 1.29 is 13.9 Å². The Hall–Kier alpha value is -1.78. The lowest BCUT2D eigenvalue weighted by atomic mass is 10.2. The Labute approximate surface area is 122 Å². The highest BCUT2D eigenvalue weighted by Gasteiger charge is 2.17. The van der Waals surface area contributed by atoms with E-state index in [-0.39, 0.29) is 5.91 Å². The summed E-state index contributed by atoms with van der Waals surface area (Å²) in [5.41, 5.74) is 0.556. The summed E-state index contributed by atoms with van der Waals surface area (Å²) in [4.78, 5) is 14.2. The van der Waals surface area contributed by atoms with Gasteiger partial charge in [0.25, 0.3) is 5.91 Å². The molecule has 0 aliphatic heterocycles. The van der Waals surface area contributed by atoms with Crippen molar-refractivity contribution in [1.29, 1.82) is 0 Å². The van der Waals surface area contributed by atoms with Gasteiger partial charge in [-0.25, -0.2) is 0 Å². The largest absolute Gasteiger partial charge is 0.467 e. The third-order valence-electron chi connectivity index (χ3n) is 2.85. The van der Waals surface area contributed by atoms with Crippen LogP contribution in [0.25, 0.3) is 0 Å². The maximum absolute atomic E-state index is 12.5. The van der Waals surface area contributed by atoms with E-state index < -0.39 is 0 Å². The Morgan fingerprint density at radius 3 is 2.85 bits per heavy atom. The van der Waals surface area contributed by atoms with Crippen LogP contribution in [0, 0.1) is 0 Å². The number of carbonyl (C=O) groups excluding carboxylic acids is 1. The highest BCUT2D eigenvalue weighted by Crippen LogP contribution is 2.14. The van der Waals surface area contributed by atoms with Gasteiger partial charge in [0.2, 0.25) is 0 Å². The number of benzene rings is 1. The van der Waals surface area contributed by atoms with E-state index in [0.29, 0.717) is 30.3 Å². The summed E-state index contributed by atoms with van der Waals surface area (Å²) in [5.74, 6) is 0.637. The summed E-state index contributed by atoms with van der Waals surface area (Å²) < 4.78 is 10.3. The molecule has 1 aromatic heterocycles. The van der Waals surface area contributed by atoms with Gasteiger partial charge in [-0.2, -0.15) is 0 Å². The van der Waals surface area contributed by atoms with E-state index in [2.05, 4.69) is 0 Å². The molecule has 2 aromatic rings. The highest BCUT2D eigenvalue weighted by molar-refractivity contribution is 6.30.